The van der Waals surface area contributed by atoms with Gasteiger partial charge in [-0.05, 0) is 42.8 Å². The fourth-order valence-electron chi connectivity index (χ4n) is 1.76. The second kappa shape index (κ2) is 7.27. The van der Waals surface area contributed by atoms with Gasteiger partial charge in [0.2, 0.25) is 0 Å². The zero-order valence-corrected chi connectivity index (χ0v) is 12.1. The standard InChI is InChI=1S/C16H17ClFNO/c1-2-9-19-11-12-3-5-13(6-4-12)20-14-7-8-15(17)16(18)10-14/h3-8,10,19H,2,9,11H2,1H3. The Labute approximate surface area is 123 Å². The molecule has 20 heavy (non-hydrogen) atoms. The number of halogens is 2. The van der Waals surface area contributed by atoms with E-state index in [0.29, 0.717) is 11.5 Å². The number of benzene rings is 2. The van der Waals surface area contributed by atoms with Gasteiger partial charge in [-0.15, -0.1) is 0 Å². The number of hydrogen-bond donors (Lipinski definition) is 1. The van der Waals surface area contributed by atoms with Crippen LogP contribution in [0.25, 0.3) is 0 Å². The summed E-state index contributed by atoms with van der Waals surface area (Å²) >= 11 is 5.63. The molecule has 0 saturated heterocycles. The molecule has 2 aromatic rings. The SMILES string of the molecule is CCCNCc1ccc(Oc2ccc(Cl)c(F)c2)cc1. The third-order valence-corrected chi connectivity index (χ3v) is 3.11. The summed E-state index contributed by atoms with van der Waals surface area (Å²) in [7, 11) is 0. The van der Waals surface area contributed by atoms with Gasteiger partial charge in [0, 0.05) is 12.6 Å². The van der Waals surface area contributed by atoms with Crippen molar-refractivity contribution in [2.75, 3.05) is 6.54 Å². The first-order valence-corrected chi connectivity index (χ1v) is 6.99. The summed E-state index contributed by atoms with van der Waals surface area (Å²) in [4.78, 5) is 0. The van der Waals surface area contributed by atoms with Crippen LogP contribution >= 0.6 is 11.6 Å². The largest absolute Gasteiger partial charge is 0.457 e. The van der Waals surface area contributed by atoms with Crippen LogP contribution in [0.2, 0.25) is 5.02 Å². The second-order valence-corrected chi connectivity index (χ2v) is 4.91. The van der Waals surface area contributed by atoms with Gasteiger partial charge in [-0.1, -0.05) is 30.7 Å². The van der Waals surface area contributed by atoms with E-state index in [-0.39, 0.29) is 5.02 Å². The maximum Gasteiger partial charge on any atom is 0.145 e. The van der Waals surface area contributed by atoms with Crippen molar-refractivity contribution in [3.63, 3.8) is 0 Å². The van der Waals surface area contributed by atoms with Gasteiger partial charge in [-0.25, -0.2) is 4.39 Å². The molecule has 0 unspecified atom stereocenters. The van der Waals surface area contributed by atoms with E-state index in [1.54, 1.807) is 6.07 Å². The lowest BCUT2D eigenvalue weighted by Gasteiger charge is -2.08. The van der Waals surface area contributed by atoms with Crippen molar-refractivity contribution < 1.29 is 9.13 Å². The van der Waals surface area contributed by atoms with E-state index in [0.717, 1.165) is 19.5 Å². The maximum atomic E-state index is 13.3. The molecule has 0 bridgehead atoms. The van der Waals surface area contributed by atoms with Gasteiger partial charge in [0.15, 0.2) is 0 Å². The van der Waals surface area contributed by atoms with Crippen LogP contribution in [-0.2, 0) is 6.54 Å². The van der Waals surface area contributed by atoms with Gasteiger partial charge in [0.05, 0.1) is 5.02 Å². The van der Waals surface area contributed by atoms with Crippen molar-refractivity contribution in [2.45, 2.75) is 19.9 Å². The molecule has 4 heteroatoms. The lowest BCUT2D eigenvalue weighted by atomic mass is 10.2. The third-order valence-electron chi connectivity index (χ3n) is 2.81. The van der Waals surface area contributed by atoms with E-state index in [1.807, 2.05) is 24.3 Å². The Morgan fingerprint density at radius 1 is 1.10 bits per heavy atom. The first-order valence-electron chi connectivity index (χ1n) is 6.61. The molecule has 0 amide bonds. The van der Waals surface area contributed by atoms with Crippen LogP contribution in [0, 0.1) is 5.82 Å². The molecule has 2 nitrogen and oxygen atoms in total. The van der Waals surface area contributed by atoms with Crippen LogP contribution in [0.15, 0.2) is 42.5 Å². The first-order chi connectivity index (χ1) is 9.69. The molecule has 0 fully saturated rings. The highest BCUT2D eigenvalue weighted by molar-refractivity contribution is 6.30. The molecule has 0 aliphatic rings. The second-order valence-electron chi connectivity index (χ2n) is 4.50. The molecule has 0 spiro atoms. The van der Waals surface area contributed by atoms with Crippen LogP contribution in [-0.4, -0.2) is 6.54 Å². The van der Waals surface area contributed by atoms with Crippen molar-refractivity contribution in [1.29, 1.82) is 0 Å². The van der Waals surface area contributed by atoms with Crippen LogP contribution < -0.4 is 10.1 Å². The van der Waals surface area contributed by atoms with Gasteiger partial charge >= 0.3 is 0 Å². The molecule has 0 heterocycles. The van der Waals surface area contributed by atoms with Crippen molar-refractivity contribution in [3.8, 4) is 11.5 Å². The van der Waals surface area contributed by atoms with Gasteiger partial charge in [0.25, 0.3) is 0 Å². The van der Waals surface area contributed by atoms with Crippen molar-refractivity contribution >= 4 is 11.6 Å². The van der Waals surface area contributed by atoms with Crippen molar-refractivity contribution in [1.82, 2.24) is 5.32 Å². The summed E-state index contributed by atoms with van der Waals surface area (Å²) in [6.07, 6.45) is 1.11. The van der Waals surface area contributed by atoms with E-state index in [9.17, 15) is 4.39 Å². The normalized spacial score (nSPS) is 10.6. The molecule has 0 atom stereocenters. The Morgan fingerprint density at radius 3 is 2.45 bits per heavy atom. The van der Waals surface area contributed by atoms with E-state index in [2.05, 4.69) is 12.2 Å². The number of ether oxygens (including phenoxy) is 1. The third kappa shape index (κ3) is 4.22. The van der Waals surface area contributed by atoms with E-state index in [1.165, 1.54) is 17.7 Å². The molecule has 0 aliphatic carbocycles. The van der Waals surface area contributed by atoms with Gasteiger partial charge in [-0.3, -0.25) is 0 Å². The summed E-state index contributed by atoms with van der Waals surface area (Å²) in [5.74, 6) is 0.624. The predicted octanol–water partition coefficient (Wildman–Crippen LogP) is 4.77. The Bertz CT molecular complexity index is 557. The summed E-state index contributed by atoms with van der Waals surface area (Å²) in [6.45, 7) is 3.97. The fourth-order valence-corrected chi connectivity index (χ4v) is 1.88. The molecule has 106 valence electrons. The predicted molar refractivity (Wildman–Crippen MR) is 79.9 cm³/mol. The average molecular weight is 294 g/mol. The minimum Gasteiger partial charge on any atom is -0.457 e. The Hall–Kier alpha value is -1.58. The zero-order chi connectivity index (χ0) is 14.4. The van der Waals surface area contributed by atoms with Crippen LogP contribution in [0.5, 0.6) is 11.5 Å². The van der Waals surface area contributed by atoms with E-state index >= 15 is 0 Å². The topological polar surface area (TPSA) is 21.3 Å². The molecule has 2 rings (SSSR count). The first kappa shape index (κ1) is 14.8. The zero-order valence-electron chi connectivity index (χ0n) is 11.3. The number of rotatable bonds is 6. The number of nitrogens with one attached hydrogen (secondary N) is 1. The average Bonchev–Trinajstić information content (AvgIpc) is 2.45. The Balaban J connectivity index is 1.97. The van der Waals surface area contributed by atoms with Crippen molar-refractivity contribution in [2.24, 2.45) is 0 Å². The maximum absolute atomic E-state index is 13.3. The molecule has 2 aromatic carbocycles. The minimum absolute atomic E-state index is 0.0923. The van der Waals surface area contributed by atoms with Crippen molar-refractivity contribution in [3.05, 3.63) is 58.9 Å². The fraction of sp³-hybridized carbons (Fsp3) is 0.250. The summed E-state index contributed by atoms with van der Waals surface area (Å²) in [5, 5.41) is 3.42. The lowest BCUT2D eigenvalue weighted by molar-refractivity contribution is 0.476. The summed E-state index contributed by atoms with van der Waals surface area (Å²) in [5.41, 5.74) is 1.19. The van der Waals surface area contributed by atoms with E-state index < -0.39 is 5.82 Å². The highest BCUT2D eigenvalue weighted by Gasteiger charge is 2.03. The summed E-state index contributed by atoms with van der Waals surface area (Å²) < 4.78 is 18.9. The molecule has 0 aromatic heterocycles. The molecular formula is C16H17ClFNO. The molecule has 1 N–H and O–H groups in total. The van der Waals surface area contributed by atoms with Gasteiger partial charge in [-0.2, -0.15) is 0 Å². The van der Waals surface area contributed by atoms with E-state index in [4.69, 9.17) is 16.3 Å². The highest BCUT2D eigenvalue weighted by atomic mass is 35.5. The van der Waals surface area contributed by atoms with Gasteiger partial charge < -0.3 is 10.1 Å². The van der Waals surface area contributed by atoms with Gasteiger partial charge in [0.1, 0.15) is 17.3 Å². The smallest absolute Gasteiger partial charge is 0.145 e. The van der Waals surface area contributed by atoms with Crippen LogP contribution in [0.1, 0.15) is 18.9 Å². The highest BCUT2D eigenvalue weighted by Crippen LogP contribution is 2.25. The minimum atomic E-state index is -0.482. The summed E-state index contributed by atoms with van der Waals surface area (Å²) in [6, 6.07) is 12.1. The van der Waals surface area contributed by atoms with Crippen LogP contribution in [0.4, 0.5) is 4.39 Å². The Kier molecular flexibility index (Phi) is 5.39. The quantitative estimate of drug-likeness (QED) is 0.775. The monoisotopic (exact) mass is 293 g/mol. The number of hydrogen-bond acceptors (Lipinski definition) is 2. The lowest BCUT2D eigenvalue weighted by Crippen LogP contribution is -2.13. The molecule has 0 radical (unpaired) electrons. The molecule has 0 saturated carbocycles. The molecular weight excluding hydrogens is 277 g/mol. The van der Waals surface area contributed by atoms with Crippen LogP contribution in [0.3, 0.4) is 0 Å². The Morgan fingerprint density at radius 2 is 1.80 bits per heavy atom. The molecule has 0 aliphatic heterocycles.